The number of fused-ring (bicyclic) bond motifs is 2. The van der Waals surface area contributed by atoms with Crippen molar-refractivity contribution in [3.63, 3.8) is 0 Å². The first kappa shape index (κ1) is 22.7. The number of quaternary nitrogens is 1. The minimum Gasteiger partial charge on any atom is -0.264 e. The summed E-state index contributed by atoms with van der Waals surface area (Å²) in [6, 6.07) is 17.3. The molecular weight excluding hydrogens is 464 g/mol. The van der Waals surface area contributed by atoms with Crippen LogP contribution in [0, 0.1) is 0 Å². The van der Waals surface area contributed by atoms with Crippen molar-refractivity contribution in [1.82, 2.24) is 0 Å². The molecule has 1 aromatic heterocycles. The van der Waals surface area contributed by atoms with Gasteiger partial charge in [0.2, 0.25) is 5.52 Å². The molecule has 168 valence electrons. The summed E-state index contributed by atoms with van der Waals surface area (Å²) in [4.78, 5) is 2.80. The summed E-state index contributed by atoms with van der Waals surface area (Å²) < 4.78 is 3.71. The third-order valence-corrected chi connectivity index (χ3v) is 9.15. The fourth-order valence-electron chi connectivity index (χ4n) is 4.68. The zero-order valence-corrected chi connectivity index (χ0v) is 21.5. The molecule has 1 aliphatic heterocycles. The Morgan fingerprint density at radius 2 is 1.82 bits per heavy atom. The number of nitrogens with one attached hydrogen (secondary N) is 1. The summed E-state index contributed by atoms with van der Waals surface area (Å²) >= 11 is 10.6. The van der Waals surface area contributed by atoms with Gasteiger partial charge in [-0.1, -0.05) is 59.4 Å². The molecule has 0 saturated carbocycles. The van der Waals surface area contributed by atoms with E-state index in [0.717, 1.165) is 37.4 Å². The summed E-state index contributed by atoms with van der Waals surface area (Å²) in [5.74, 6) is 0. The second-order valence-corrected chi connectivity index (χ2v) is 10.9. The highest BCUT2D eigenvalue weighted by atomic mass is 35.5. The summed E-state index contributed by atoms with van der Waals surface area (Å²) in [5, 5.41) is 3.56. The molecule has 0 radical (unpaired) electrons. The first-order valence-electron chi connectivity index (χ1n) is 11.7. The molecule has 0 amide bonds. The van der Waals surface area contributed by atoms with E-state index < -0.39 is 0 Å². The van der Waals surface area contributed by atoms with Crippen LogP contribution < -0.4 is 9.47 Å². The van der Waals surface area contributed by atoms with E-state index in [1.165, 1.54) is 46.9 Å². The number of para-hydroxylation sites is 2. The maximum absolute atomic E-state index is 6.93. The first-order valence-corrected chi connectivity index (χ1v) is 13.7. The van der Waals surface area contributed by atoms with Gasteiger partial charge in [0.1, 0.15) is 11.2 Å². The van der Waals surface area contributed by atoms with Crippen LogP contribution in [-0.2, 0) is 6.54 Å². The number of halogens is 1. The lowest BCUT2D eigenvalue weighted by molar-refractivity contribution is -0.777. The predicted octanol–water partition coefficient (Wildman–Crippen LogP) is 7.01. The van der Waals surface area contributed by atoms with Crippen molar-refractivity contribution in [2.75, 3.05) is 6.54 Å². The van der Waals surface area contributed by atoms with Crippen LogP contribution in [0.4, 0.5) is 5.69 Å². The largest absolute Gasteiger partial charge is 0.264 e. The fourth-order valence-corrected chi connectivity index (χ4v) is 7.32. The van der Waals surface area contributed by atoms with Crippen molar-refractivity contribution >= 4 is 56.7 Å². The molecule has 5 heteroatoms. The van der Waals surface area contributed by atoms with Crippen LogP contribution in [0.15, 0.2) is 92.9 Å². The molecule has 1 aliphatic carbocycles. The Labute approximate surface area is 209 Å². The molecule has 2 heterocycles. The zero-order valence-electron chi connectivity index (χ0n) is 19.1. The van der Waals surface area contributed by atoms with E-state index in [9.17, 15) is 0 Å². The van der Waals surface area contributed by atoms with Gasteiger partial charge in [-0.05, 0) is 68.2 Å². The summed E-state index contributed by atoms with van der Waals surface area (Å²) in [7, 11) is 0. The van der Waals surface area contributed by atoms with Gasteiger partial charge in [0.05, 0.1) is 11.4 Å². The van der Waals surface area contributed by atoms with Crippen LogP contribution in [0.5, 0.6) is 0 Å². The molecule has 2 aromatic carbocycles. The van der Waals surface area contributed by atoms with Crippen LogP contribution in [0.2, 0.25) is 0 Å². The number of aryl methyl sites for hydroxylation is 1. The number of hydrogen-bond acceptors (Lipinski definition) is 2. The molecule has 5 rings (SSSR count). The molecule has 1 atom stereocenters. The number of aromatic nitrogens is 1. The van der Waals surface area contributed by atoms with Crippen molar-refractivity contribution in [2.45, 2.75) is 44.6 Å². The lowest BCUT2D eigenvalue weighted by Gasteiger charge is -2.16. The zero-order chi connectivity index (χ0) is 22.8. The highest BCUT2D eigenvalue weighted by molar-refractivity contribution is 8.03. The standard InChI is InChI=1S/C28H28ClN2S2/c1-3-30-22-12-5-7-14-24(22)32-26(30)18-16-20-10-9-11-21(28(20)29)17-19-27-31(4-2)23-13-6-8-15-25(23)33-27/h5-8,12-19H,3-4,9-11H2,1-2H3/q+1/p+1. The number of nitrogens with zero attached hydrogens (tertiary/aromatic N) is 1. The molecule has 0 fully saturated rings. The average Bonchev–Trinajstić information content (AvgIpc) is 3.39. The van der Waals surface area contributed by atoms with Gasteiger partial charge in [-0.25, -0.2) is 0 Å². The Morgan fingerprint density at radius 3 is 2.67 bits per heavy atom. The monoisotopic (exact) mass is 492 g/mol. The van der Waals surface area contributed by atoms with E-state index >= 15 is 0 Å². The molecule has 33 heavy (non-hydrogen) atoms. The second-order valence-electron chi connectivity index (χ2n) is 8.33. The Kier molecular flexibility index (Phi) is 6.89. The molecule has 0 spiro atoms. The third-order valence-electron chi connectivity index (χ3n) is 6.35. The lowest BCUT2D eigenvalue weighted by atomic mass is 9.94. The molecule has 2 aliphatic rings. The van der Waals surface area contributed by atoms with Crippen LogP contribution in [-0.4, -0.2) is 6.54 Å². The van der Waals surface area contributed by atoms with E-state index in [2.05, 4.69) is 91.2 Å². The minimum absolute atomic E-state index is 0.928. The molecule has 0 bridgehead atoms. The maximum atomic E-state index is 6.93. The van der Waals surface area contributed by atoms with E-state index in [0.29, 0.717) is 0 Å². The number of thioether (sulfide) groups is 1. The van der Waals surface area contributed by atoms with Gasteiger partial charge in [-0.15, -0.1) is 0 Å². The Bertz CT molecular complexity index is 1310. The summed E-state index contributed by atoms with van der Waals surface area (Å²) in [6.07, 6.45) is 12.2. The minimum atomic E-state index is 0.928. The van der Waals surface area contributed by atoms with Crippen molar-refractivity contribution < 1.29 is 9.47 Å². The van der Waals surface area contributed by atoms with Crippen LogP contribution in [0.3, 0.4) is 0 Å². The van der Waals surface area contributed by atoms with Crippen LogP contribution in [0.25, 0.3) is 16.3 Å². The van der Waals surface area contributed by atoms with E-state index in [1.54, 1.807) is 0 Å². The molecule has 3 aromatic rings. The van der Waals surface area contributed by atoms with Gasteiger partial charge in [-0.3, -0.25) is 4.90 Å². The lowest BCUT2D eigenvalue weighted by Crippen LogP contribution is -3.03. The smallest absolute Gasteiger partial charge is 0.262 e. The molecule has 1 unspecified atom stereocenters. The van der Waals surface area contributed by atoms with Crippen LogP contribution in [0.1, 0.15) is 38.1 Å². The van der Waals surface area contributed by atoms with Crippen molar-refractivity contribution in [1.29, 1.82) is 0 Å². The Morgan fingerprint density at radius 1 is 1.00 bits per heavy atom. The van der Waals surface area contributed by atoms with E-state index in [-0.39, 0.29) is 0 Å². The topological polar surface area (TPSA) is 8.32 Å². The number of thiazole rings is 1. The SMILES string of the molecule is CC[n+]1c(/C=C/C2=C(Cl)C(=C/C=C3\Sc4ccccc4[NH+]3CC)/CCC2)sc2ccccc21. The highest BCUT2D eigenvalue weighted by Crippen LogP contribution is 2.37. The van der Waals surface area contributed by atoms with E-state index in [4.69, 9.17) is 11.6 Å². The van der Waals surface area contributed by atoms with Gasteiger partial charge in [-0.2, -0.15) is 4.57 Å². The predicted molar refractivity (Wildman–Crippen MR) is 143 cm³/mol. The summed E-state index contributed by atoms with van der Waals surface area (Å²) in [5.41, 5.74) is 5.19. The molecular formula is C28H29ClN2S2+2. The van der Waals surface area contributed by atoms with Gasteiger partial charge < -0.3 is 0 Å². The van der Waals surface area contributed by atoms with Gasteiger partial charge >= 0.3 is 0 Å². The number of rotatable bonds is 5. The number of hydrogen-bond donors (Lipinski definition) is 1. The van der Waals surface area contributed by atoms with E-state index in [1.807, 2.05) is 23.1 Å². The van der Waals surface area contributed by atoms with Gasteiger partial charge in [0.15, 0.2) is 10.7 Å². The molecule has 2 nitrogen and oxygen atoms in total. The Balaban J connectivity index is 1.42. The quantitative estimate of drug-likeness (QED) is 0.376. The van der Waals surface area contributed by atoms with Gasteiger partial charge in [0.25, 0.3) is 5.01 Å². The fraction of sp³-hybridized carbons (Fsp3) is 0.250. The third kappa shape index (κ3) is 4.50. The number of allylic oxidation sites excluding steroid dienone is 6. The van der Waals surface area contributed by atoms with Gasteiger partial charge in [0, 0.05) is 29.3 Å². The highest BCUT2D eigenvalue weighted by Gasteiger charge is 2.29. The number of benzene rings is 2. The molecule has 1 N–H and O–H groups in total. The van der Waals surface area contributed by atoms with Crippen molar-refractivity contribution in [3.8, 4) is 0 Å². The first-order chi connectivity index (χ1) is 16.2. The maximum Gasteiger partial charge on any atom is 0.262 e. The molecule has 0 saturated heterocycles. The van der Waals surface area contributed by atoms with Crippen molar-refractivity contribution in [2.24, 2.45) is 0 Å². The summed E-state index contributed by atoms with van der Waals surface area (Å²) in [6.45, 7) is 6.46. The van der Waals surface area contributed by atoms with Crippen LogP contribution >= 0.6 is 34.7 Å². The Hall–Kier alpha value is -2.11. The second kappa shape index (κ2) is 10.0. The normalized spacial score (nSPS) is 21.1. The van der Waals surface area contributed by atoms with Crippen molar-refractivity contribution in [3.05, 3.63) is 93.0 Å². The average molecular weight is 493 g/mol.